The van der Waals surface area contributed by atoms with Gasteiger partial charge in [-0.2, -0.15) is 0 Å². The zero-order valence-electron chi connectivity index (χ0n) is 25.2. The molecule has 0 aromatic rings. The maximum atomic E-state index is 8.11. The monoisotopic (exact) mass is 575 g/mol. The summed E-state index contributed by atoms with van der Waals surface area (Å²) in [4.78, 5) is 4.19. The van der Waals surface area contributed by atoms with E-state index < -0.39 is 0 Å². The number of hydrogen-bond donors (Lipinski definition) is 8. The van der Waals surface area contributed by atoms with E-state index in [1.165, 1.54) is 94.9 Å². The van der Waals surface area contributed by atoms with Crippen LogP contribution < -0.4 is 42.5 Å². The molecule has 5 aliphatic heterocycles. The van der Waals surface area contributed by atoms with E-state index in [1.54, 1.807) is 0 Å². The first kappa shape index (κ1) is 26.9. The van der Waals surface area contributed by atoms with Crippen LogP contribution in [0.3, 0.4) is 0 Å². The van der Waals surface area contributed by atoms with Crippen molar-refractivity contribution in [1.29, 1.82) is 0 Å². The van der Waals surface area contributed by atoms with Crippen LogP contribution in [0.1, 0.15) is 96.3 Å². The molecule has 9 nitrogen and oxygen atoms in total. The third-order valence-corrected chi connectivity index (χ3v) is 13.5. The minimum Gasteiger partial charge on any atom is -0.356 e. The zero-order chi connectivity index (χ0) is 27.8. The smallest absolute Gasteiger partial charge is 0.248 e. The Morgan fingerprint density at radius 1 is 0.429 bits per heavy atom. The van der Waals surface area contributed by atoms with Crippen LogP contribution in [0.15, 0.2) is 11.4 Å². The molecule has 0 radical (unpaired) electrons. The molecule has 4 aliphatic carbocycles. The summed E-state index contributed by atoms with van der Waals surface area (Å²) in [6.07, 6.45) is 21.5. The van der Waals surface area contributed by atoms with E-state index >= 15 is 0 Å². The highest BCUT2D eigenvalue weighted by atomic mass is 15.4. The van der Waals surface area contributed by atoms with Crippen LogP contribution in [-0.4, -0.2) is 49.2 Å². The van der Waals surface area contributed by atoms with Crippen molar-refractivity contribution in [3.05, 3.63) is 22.8 Å². The summed E-state index contributed by atoms with van der Waals surface area (Å²) in [6, 6.07) is 0.00154. The van der Waals surface area contributed by atoms with Crippen LogP contribution in [0.4, 0.5) is 0 Å². The van der Waals surface area contributed by atoms with Gasteiger partial charge in [-0.3, -0.25) is 31.9 Å². The lowest BCUT2D eigenvalue weighted by molar-refractivity contribution is 0.174. The molecule has 15 atom stereocenters. The predicted molar refractivity (Wildman–Crippen MR) is 163 cm³/mol. The molecule has 0 aromatic heterocycles. The average Bonchev–Trinajstić information content (AvgIpc) is 3.76. The first-order chi connectivity index (χ1) is 20.7. The van der Waals surface area contributed by atoms with Crippen molar-refractivity contribution in [2.24, 2.45) is 41.4 Å². The van der Waals surface area contributed by atoms with Gasteiger partial charge in [-0.1, -0.05) is 38.5 Å². The summed E-state index contributed by atoms with van der Waals surface area (Å²) in [6.45, 7) is 8.11. The van der Waals surface area contributed by atoms with Gasteiger partial charge in [0.15, 0.2) is 0 Å². The van der Waals surface area contributed by atoms with E-state index in [9.17, 15) is 0 Å². The molecule has 4 saturated carbocycles. The van der Waals surface area contributed by atoms with Crippen molar-refractivity contribution >= 4 is 0 Å². The summed E-state index contributed by atoms with van der Waals surface area (Å²) >= 11 is 0. The van der Waals surface area contributed by atoms with Crippen molar-refractivity contribution in [3.63, 3.8) is 0 Å². The van der Waals surface area contributed by atoms with Crippen LogP contribution >= 0.6 is 0 Å². The number of fused-ring (bicyclic) bond motifs is 19. The van der Waals surface area contributed by atoms with Gasteiger partial charge in [-0.25, -0.2) is 6.57 Å². The summed E-state index contributed by atoms with van der Waals surface area (Å²) in [5.41, 5.74) is 1.36. The van der Waals surface area contributed by atoms with Gasteiger partial charge in [-0.05, 0) is 86.9 Å². The summed E-state index contributed by atoms with van der Waals surface area (Å²) in [7, 11) is 0. The molecular weight excluding hydrogens is 522 g/mol. The van der Waals surface area contributed by atoms with E-state index in [-0.39, 0.29) is 18.4 Å². The van der Waals surface area contributed by atoms with Crippen molar-refractivity contribution in [3.8, 4) is 0 Å². The lowest BCUT2D eigenvalue weighted by atomic mass is 9.77. The fourth-order valence-electron chi connectivity index (χ4n) is 11.7. The molecule has 9 rings (SSSR count). The molecule has 230 valence electrons. The summed E-state index contributed by atoms with van der Waals surface area (Å²) in [5.74, 6) is 5.59. The minimum absolute atomic E-state index is 0.00154. The number of hydrogen-bond acceptors (Lipinski definition) is 8. The standard InChI is InChI=1S/C33H53N9/c1-34-24-16-8-15-23-25(24)33-41-31-22-14-7-6-13-21(22)29(39-31)37-27-18-10-3-2-9-17(18)26(35-27)36-28-19-11-4-5-12-20(19)30(38-28)40-32(23)42-33/h17-24,26-32,35-42H,2-16H2. The molecule has 42 heavy (non-hydrogen) atoms. The van der Waals surface area contributed by atoms with E-state index in [0.717, 1.165) is 12.8 Å². The molecule has 8 N–H and O–H groups in total. The maximum Gasteiger partial charge on any atom is 0.248 e. The SMILES string of the molecule is [C-]#[N+]C1CCCC2C1=C1NC2NC2NC(NC3NC(NC4NC(N1)C1CCCCC41)C1CCCCC31)C1CCCCC21. The normalized spacial score (nSPS) is 53.2. The molecule has 0 amide bonds. The molecule has 8 bridgehead atoms. The van der Waals surface area contributed by atoms with Crippen molar-refractivity contribution in [2.75, 3.05) is 0 Å². The van der Waals surface area contributed by atoms with Gasteiger partial charge in [0.25, 0.3) is 0 Å². The van der Waals surface area contributed by atoms with Gasteiger partial charge in [0.05, 0.1) is 48.7 Å². The summed E-state index contributed by atoms with van der Waals surface area (Å²) in [5, 5.41) is 33.1. The van der Waals surface area contributed by atoms with E-state index in [4.69, 9.17) is 6.57 Å². The van der Waals surface area contributed by atoms with Crippen LogP contribution in [-0.2, 0) is 0 Å². The number of rotatable bonds is 0. The second kappa shape index (κ2) is 10.9. The molecule has 9 aliphatic rings. The third kappa shape index (κ3) is 4.38. The van der Waals surface area contributed by atoms with Crippen molar-refractivity contribution in [1.82, 2.24) is 42.5 Å². The second-order valence-electron chi connectivity index (χ2n) is 15.5. The Morgan fingerprint density at radius 2 is 0.810 bits per heavy atom. The van der Waals surface area contributed by atoms with Crippen LogP contribution in [0.25, 0.3) is 4.85 Å². The highest BCUT2D eigenvalue weighted by Crippen LogP contribution is 2.45. The van der Waals surface area contributed by atoms with Crippen LogP contribution in [0.5, 0.6) is 0 Å². The molecular formula is C33H53N9. The highest BCUT2D eigenvalue weighted by Gasteiger charge is 2.53. The molecule has 9 heteroatoms. The molecule has 4 saturated heterocycles. The van der Waals surface area contributed by atoms with Crippen LogP contribution in [0.2, 0.25) is 0 Å². The highest BCUT2D eigenvalue weighted by molar-refractivity contribution is 5.33. The molecule has 15 unspecified atom stereocenters. The van der Waals surface area contributed by atoms with Gasteiger partial charge in [0.1, 0.15) is 5.82 Å². The van der Waals surface area contributed by atoms with Gasteiger partial charge >= 0.3 is 0 Å². The van der Waals surface area contributed by atoms with E-state index in [0.29, 0.717) is 72.3 Å². The Labute approximate surface area is 252 Å². The lowest BCUT2D eigenvalue weighted by Gasteiger charge is -2.35. The average molecular weight is 576 g/mol. The van der Waals surface area contributed by atoms with Gasteiger partial charge in [0.2, 0.25) is 6.04 Å². The third-order valence-electron chi connectivity index (χ3n) is 13.5. The quantitative estimate of drug-likeness (QED) is 0.209. The van der Waals surface area contributed by atoms with Crippen molar-refractivity contribution < 1.29 is 0 Å². The number of nitrogens with zero attached hydrogens (tertiary/aromatic N) is 1. The predicted octanol–water partition coefficient (Wildman–Crippen LogP) is 2.77. The Kier molecular flexibility index (Phi) is 6.98. The van der Waals surface area contributed by atoms with E-state index in [1.807, 2.05) is 0 Å². The van der Waals surface area contributed by atoms with Crippen molar-refractivity contribution in [2.45, 2.75) is 146 Å². The Hall–Kier alpha value is -1.41. The fraction of sp³-hybridized carbons (Fsp3) is 0.909. The molecule has 0 spiro atoms. The second-order valence-corrected chi connectivity index (χ2v) is 15.5. The van der Waals surface area contributed by atoms with E-state index in [2.05, 4.69) is 47.4 Å². The fourth-order valence-corrected chi connectivity index (χ4v) is 11.7. The molecule has 5 heterocycles. The summed E-state index contributed by atoms with van der Waals surface area (Å²) < 4.78 is 0. The minimum atomic E-state index is 0.00154. The van der Waals surface area contributed by atoms with Crippen LogP contribution in [0, 0.1) is 48.0 Å². The molecule has 8 fully saturated rings. The first-order valence-corrected chi connectivity index (χ1v) is 17.9. The first-order valence-electron chi connectivity index (χ1n) is 17.9. The maximum absolute atomic E-state index is 8.11. The Morgan fingerprint density at radius 3 is 1.26 bits per heavy atom. The zero-order valence-corrected chi connectivity index (χ0v) is 25.2. The number of nitrogens with one attached hydrogen (secondary N) is 8. The largest absolute Gasteiger partial charge is 0.356 e. The Bertz CT molecular complexity index is 1100. The lowest BCUT2D eigenvalue weighted by Crippen LogP contribution is -2.60. The van der Waals surface area contributed by atoms with Gasteiger partial charge in [-0.15, -0.1) is 0 Å². The topological polar surface area (TPSA) is 101 Å². The van der Waals surface area contributed by atoms with Gasteiger partial charge in [0, 0.05) is 12.3 Å². The Balaban J connectivity index is 1.08. The van der Waals surface area contributed by atoms with Gasteiger partial charge < -0.3 is 15.5 Å². The molecule has 0 aromatic carbocycles.